The standard InChI is InChI=1S/C17H22ClNO4/c1-16(2,3)23-15(22)19-11-7-6-9(18)8-10(11)12-13(14(20)21)17(12,4)5/h6-8,12-13H,1-5H3,(H,19,22)(H,20,21)/t12-,13+/m1/s1. The molecule has 23 heavy (non-hydrogen) atoms. The fourth-order valence-electron chi connectivity index (χ4n) is 3.00. The summed E-state index contributed by atoms with van der Waals surface area (Å²) in [4.78, 5) is 23.4. The minimum Gasteiger partial charge on any atom is -0.481 e. The Hall–Kier alpha value is -1.75. The lowest BCUT2D eigenvalue weighted by Crippen LogP contribution is -2.27. The van der Waals surface area contributed by atoms with Gasteiger partial charge in [-0.15, -0.1) is 0 Å². The maximum absolute atomic E-state index is 12.0. The lowest BCUT2D eigenvalue weighted by molar-refractivity contribution is -0.139. The van der Waals surface area contributed by atoms with Crippen molar-refractivity contribution < 1.29 is 19.4 Å². The second-order valence-electron chi connectivity index (χ2n) is 7.47. The van der Waals surface area contributed by atoms with Gasteiger partial charge in [0.1, 0.15) is 5.60 Å². The molecule has 1 fully saturated rings. The number of carbonyl (C=O) groups excluding carboxylic acids is 1. The summed E-state index contributed by atoms with van der Waals surface area (Å²) in [5, 5.41) is 12.6. The highest BCUT2D eigenvalue weighted by Crippen LogP contribution is 2.65. The molecule has 1 aliphatic rings. The molecule has 0 aliphatic heterocycles. The molecule has 2 rings (SSSR count). The molecule has 5 nitrogen and oxygen atoms in total. The first-order valence-corrected chi connectivity index (χ1v) is 7.83. The van der Waals surface area contributed by atoms with Crippen LogP contribution >= 0.6 is 11.6 Å². The van der Waals surface area contributed by atoms with Crippen molar-refractivity contribution in [3.05, 3.63) is 28.8 Å². The number of benzene rings is 1. The fourth-order valence-corrected chi connectivity index (χ4v) is 3.18. The summed E-state index contributed by atoms with van der Waals surface area (Å²) in [7, 11) is 0. The highest BCUT2D eigenvalue weighted by Gasteiger charge is 2.63. The maximum atomic E-state index is 12.0. The molecule has 1 amide bonds. The summed E-state index contributed by atoms with van der Waals surface area (Å²) < 4.78 is 5.25. The molecule has 6 heteroatoms. The van der Waals surface area contributed by atoms with Crippen molar-refractivity contribution >= 4 is 29.4 Å². The predicted octanol–water partition coefficient (Wildman–Crippen LogP) is 4.51. The van der Waals surface area contributed by atoms with Gasteiger partial charge in [-0.25, -0.2) is 4.79 Å². The van der Waals surface area contributed by atoms with Gasteiger partial charge in [-0.05, 0) is 49.9 Å². The first kappa shape index (κ1) is 17.6. The zero-order valence-corrected chi connectivity index (χ0v) is 14.7. The van der Waals surface area contributed by atoms with Gasteiger partial charge in [0, 0.05) is 16.6 Å². The quantitative estimate of drug-likeness (QED) is 0.849. The number of carbonyl (C=O) groups is 2. The van der Waals surface area contributed by atoms with Crippen LogP contribution in [0.2, 0.25) is 5.02 Å². The molecule has 0 unspecified atom stereocenters. The molecule has 2 atom stereocenters. The molecule has 0 saturated heterocycles. The van der Waals surface area contributed by atoms with E-state index in [-0.39, 0.29) is 11.3 Å². The summed E-state index contributed by atoms with van der Waals surface area (Å²) in [5.41, 5.74) is 0.256. The number of carboxylic acids is 1. The fraction of sp³-hybridized carbons (Fsp3) is 0.529. The molecule has 0 bridgehead atoms. The highest BCUT2D eigenvalue weighted by molar-refractivity contribution is 6.30. The van der Waals surface area contributed by atoms with Crippen molar-refractivity contribution in [2.45, 2.75) is 46.1 Å². The van der Waals surface area contributed by atoms with Gasteiger partial charge < -0.3 is 9.84 Å². The minimum atomic E-state index is -0.844. The third-order valence-corrected chi connectivity index (χ3v) is 4.31. The van der Waals surface area contributed by atoms with E-state index in [0.717, 1.165) is 5.56 Å². The molecule has 1 saturated carbocycles. The Labute approximate surface area is 141 Å². The summed E-state index contributed by atoms with van der Waals surface area (Å²) in [6, 6.07) is 5.04. The summed E-state index contributed by atoms with van der Waals surface area (Å²) >= 11 is 6.06. The van der Waals surface area contributed by atoms with Crippen LogP contribution in [-0.4, -0.2) is 22.8 Å². The lowest BCUT2D eigenvalue weighted by Gasteiger charge is -2.20. The van der Waals surface area contributed by atoms with E-state index in [1.165, 1.54) is 0 Å². The SMILES string of the molecule is CC(C)(C)OC(=O)Nc1ccc(Cl)cc1[C@@H]1[C@@H](C(=O)O)C1(C)C. The Kier molecular flexibility index (Phi) is 4.37. The topological polar surface area (TPSA) is 75.6 Å². The first-order valence-electron chi connectivity index (χ1n) is 7.46. The van der Waals surface area contributed by atoms with Gasteiger partial charge in [0.2, 0.25) is 0 Å². The van der Waals surface area contributed by atoms with Crippen LogP contribution in [0, 0.1) is 11.3 Å². The van der Waals surface area contributed by atoms with E-state index in [4.69, 9.17) is 16.3 Å². The Morgan fingerprint density at radius 2 is 1.91 bits per heavy atom. The number of aliphatic carboxylic acids is 1. The first-order chi connectivity index (χ1) is 10.4. The van der Waals surface area contributed by atoms with Gasteiger partial charge in [0.15, 0.2) is 0 Å². The zero-order valence-electron chi connectivity index (χ0n) is 13.9. The molecule has 0 radical (unpaired) electrons. The molecule has 126 valence electrons. The molecule has 2 N–H and O–H groups in total. The van der Waals surface area contributed by atoms with Crippen LogP contribution < -0.4 is 5.32 Å². The summed E-state index contributed by atoms with van der Waals surface area (Å²) in [6.07, 6.45) is -0.577. The molecule has 1 aliphatic carbocycles. The summed E-state index contributed by atoms with van der Waals surface area (Å²) in [6.45, 7) is 9.13. The number of hydrogen-bond donors (Lipinski definition) is 2. The molecular weight excluding hydrogens is 318 g/mol. The predicted molar refractivity (Wildman–Crippen MR) is 89.0 cm³/mol. The van der Waals surface area contributed by atoms with Gasteiger partial charge in [-0.3, -0.25) is 10.1 Å². The van der Waals surface area contributed by atoms with Crippen LogP contribution in [0.25, 0.3) is 0 Å². The number of hydrogen-bond acceptors (Lipinski definition) is 3. The van der Waals surface area contributed by atoms with Gasteiger partial charge in [0.05, 0.1) is 5.92 Å². The lowest BCUT2D eigenvalue weighted by atomic mass is 10.0. The number of halogens is 1. The summed E-state index contributed by atoms with van der Waals surface area (Å²) in [5.74, 6) is -1.55. The largest absolute Gasteiger partial charge is 0.481 e. The number of carboxylic acid groups (broad SMARTS) is 1. The van der Waals surface area contributed by atoms with E-state index < -0.39 is 23.6 Å². The third kappa shape index (κ3) is 3.78. The van der Waals surface area contributed by atoms with E-state index in [1.807, 2.05) is 13.8 Å². The average molecular weight is 340 g/mol. The van der Waals surface area contributed by atoms with E-state index >= 15 is 0 Å². The molecule has 1 aromatic carbocycles. The van der Waals surface area contributed by atoms with E-state index in [1.54, 1.807) is 39.0 Å². The molecule has 0 aromatic heterocycles. The maximum Gasteiger partial charge on any atom is 0.412 e. The Morgan fingerprint density at radius 3 is 2.39 bits per heavy atom. The van der Waals surface area contributed by atoms with Crippen LogP contribution in [0.1, 0.15) is 46.1 Å². The van der Waals surface area contributed by atoms with Crippen molar-refractivity contribution in [2.75, 3.05) is 5.32 Å². The molecule has 0 spiro atoms. The van der Waals surface area contributed by atoms with Gasteiger partial charge in [0.25, 0.3) is 0 Å². The Bertz CT molecular complexity index is 648. The molecule has 1 aromatic rings. The minimum absolute atomic E-state index is 0.205. The van der Waals surface area contributed by atoms with Crippen LogP contribution in [0.15, 0.2) is 18.2 Å². The smallest absolute Gasteiger partial charge is 0.412 e. The number of nitrogens with one attached hydrogen (secondary N) is 1. The molecular formula is C17H22ClNO4. The Balaban J connectivity index is 2.29. The number of anilines is 1. The van der Waals surface area contributed by atoms with E-state index in [0.29, 0.717) is 10.7 Å². The van der Waals surface area contributed by atoms with Crippen LogP contribution in [0.4, 0.5) is 10.5 Å². The van der Waals surface area contributed by atoms with Crippen molar-refractivity contribution in [1.82, 2.24) is 0 Å². The number of amides is 1. The van der Waals surface area contributed by atoms with Gasteiger partial charge in [-0.2, -0.15) is 0 Å². The van der Waals surface area contributed by atoms with Gasteiger partial charge >= 0.3 is 12.1 Å². The Morgan fingerprint density at radius 1 is 1.30 bits per heavy atom. The molecule has 0 heterocycles. The van der Waals surface area contributed by atoms with E-state index in [2.05, 4.69) is 5.32 Å². The van der Waals surface area contributed by atoms with Crippen LogP contribution in [0.5, 0.6) is 0 Å². The van der Waals surface area contributed by atoms with Gasteiger partial charge in [-0.1, -0.05) is 25.4 Å². The van der Waals surface area contributed by atoms with Crippen molar-refractivity contribution in [2.24, 2.45) is 11.3 Å². The third-order valence-electron chi connectivity index (χ3n) is 4.08. The second-order valence-corrected chi connectivity index (χ2v) is 7.91. The van der Waals surface area contributed by atoms with Crippen molar-refractivity contribution in [3.8, 4) is 0 Å². The highest BCUT2D eigenvalue weighted by atomic mass is 35.5. The number of ether oxygens (including phenoxy) is 1. The van der Waals surface area contributed by atoms with Crippen LogP contribution in [-0.2, 0) is 9.53 Å². The normalized spacial score (nSPS) is 22.3. The second kappa shape index (κ2) is 5.71. The van der Waals surface area contributed by atoms with Crippen LogP contribution in [0.3, 0.4) is 0 Å². The zero-order chi connectivity index (χ0) is 17.6. The average Bonchev–Trinajstić information content (AvgIpc) is 2.92. The van der Waals surface area contributed by atoms with E-state index in [9.17, 15) is 14.7 Å². The van der Waals surface area contributed by atoms with Crippen molar-refractivity contribution in [1.29, 1.82) is 0 Å². The van der Waals surface area contributed by atoms with Crippen molar-refractivity contribution in [3.63, 3.8) is 0 Å². The monoisotopic (exact) mass is 339 g/mol. The number of rotatable bonds is 3.